The first kappa shape index (κ1) is 14.7. The molecule has 1 saturated heterocycles. The normalized spacial score (nSPS) is 19.9. The molecular formula is C13H18N3O4P. The molecule has 1 aromatic heterocycles. The van der Waals surface area contributed by atoms with Gasteiger partial charge in [-0.2, -0.15) is 0 Å². The largest absolute Gasteiger partial charge is 0.364 e. The van der Waals surface area contributed by atoms with Crippen LogP contribution in [0.15, 0.2) is 24.5 Å². The molecule has 0 bridgehead atoms. The minimum absolute atomic E-state index is 0.308. The molecular weight excluding hydrogens is 293 g/mol. The van der Waals surface area contributed by atoms with Crippen molar-refractivity contribution in [2.24, 2.45) is 0 Å². The first-order chi connectivity index (χ1) is 9.94. The Balaban J connectivity index is 1.75. The van der Waals surface area contributed by atoms with Crippen LogP contribution in [0, 0.1) is 0 Å². The number of para-hydroxylation sites is 1. The topological polar surface area (TPSA) is 107 Å². The van der Waals surface area contributed by atoms with Gasteiger partial charge in [0.05, 0.1) is 30.0 Å². The van der Waals surface area contributed by atoms with Gasteiger partial charge in [-0.1, -0.05) is 12.1 Å². The Morgan fingerprint density at radius 1 is 1.57 bits per heavy atom. The van der Waals surface area contributed by atoms with E-state index in [9.17, 15) is 4.57 Å². The van der Waals surface area contributed by atoms with Gasteiger partial charge in [0.15, 0.2) is 0 Å². The van der Waals surface area contributed by atoms with E-state index in [2.05, 4.69) is 16.4 Å². The third-order valence-corrected chi connectivity index (χ3v) is 3.93. The van der Waals surface area contributed by atoms with Crippen LogP contribution in [0.25, 0.3) is 11.0 Å². The number of rotatable bonds is 6. The molecule has 2 atom stereocenters. The summed E-state index contributed by atoms with van der Waals surface area (Å²) in [5.41, 5.74) is 3.16. The highest BCUT2D eigenvalue weighted by Crippen LogP contribution is 2.34. The lowest BCUT2D eigenvalue weighted by atomic mass is 10.1. The van der Waals surface area contributed by atoms with Crippen molar-refractivity contribution in [2.75, 3.05) is 12.9 Å². The maximum absolute atomic E-state index is 10.8. The number of nitrogens with one attached hydrogen (secondary N) is 1. The number of ether oxygens (including phenoxy) is 1. The zero-order chi connectivity index (χ0) is 15.0. The van der Waals surface area contributed by atoms with E-state index in [1.807, 2.05) is 16.7 Å². The Hall–Kier alpha value is -1.24. The van der Waals surface area contributed by atoms with E-state index in [0.717, 1.165) is 17.6 Å². The summed E-state index contributed by atoms with van der Waals surface area (Å²) >= 11 is 0. The fourth-order valence-electron chi connectivity index (χ4n) is 2.37. The van der Waals surface area contributed by atoms with Crippen LogP contribution >= 0.6 is 7.60 Å². The van der Waals surface area contributed by atoms with Crippen molar-refractivity contribution < 1.29 is 19.1 Å². The quantitative estimate of drug-likeness (QED) is 0.547. The smallest absolute Gasteiger partial charge is 0.350 e. The molecule has 114 valence electrons. The Bertz CT molecular complexity index is 692. The minimum atomic E-state index is -4.13. The molecule has 0 saturated carbocycles. The molecule has 1 aromatic carbocycles. The second-order valence-corrected chi connectivity index (χ2v) is 6.93. The molecule has 3 N–H and O–H groups in total. The molecule has 3 rings (SSSR count). The molecule has 1 aliphatic heterocycles. The number of fused-ring (bicyclic) bond motifs is 1. The van der Waals surface area contributed by atoms with Gasteiger partial charge in [0.2, 0.25) is 0 Å². The number of imidazole rings is 1. The lowest BCUT2D eigenvalue weighted by Crippen LogP contribution is -2.16. The van der Waals surface area contributed by atoms with Crippen molar-refractivity contribution in [1.82, 2.24) is 14.9 Å². The molecule has 1 unspecified atom stereocenters. The third kappa shape index (κ3) is 3.51. The molecule has 2 heterocycles. The van der Waals surface area contributed by atoms with E-state index < -0.39 is 13.9 Å². The standard InChI is InChI=1S/C13H18N3O4P/c1-9(20-8-21(17,18)19)6-16-7-15-13-10(11-5-14-11)3-2-4-12(13)16/h2-4,7,9,11,14H,5-6,8H2,1H3,(H2,17,18,19)/t9-,11?/m0/s1. The van der Waals surface area contributed by atoms with Gasteiger partial charge in [-0.3, -0.25) is 4.57 Å². The van der Waals surface area contributed by atoms with Crippen molar-refractivity contribution in [3.8, 4) is 0 Å². The Morgan fingerprint density at radius 3 is 3.00 bits per heavy atom. The van der Waals surface area contributed by atoms with Gasteiger partial charge in [-0.05, 0) is 18.6 Å². The Labute approximate surface area is 122 Å². The number of nitrogens with zero attached hydrogens (tertiary/aromatic N) is 2. The summed E-state index contributed by atoms with van der Waals surface area (Å²) in [7, 11) is -4.13. The third-order valence-electron chi connectivity index (χ3n) is 3.45. The van der Waals surface area contributed by atoms with Crippen LogP contribution < -0.4 is 5.32 Å². The number of hydrogen-bond donors (Lipinski definition) is 3. The number of aromatic nitrogens is 2. The summed E-state index contributed by atoms with van der Waals surface area (Å²) in [5.74, 6) is 0. The van der Waals surface area contributed by atoms with Crippen LogP contribution in [0.2, 0.25) is 0 Å². The first-order valence-corrected chi connectivity index (χ1v) is 8.57. The van der Waals surface area contributed by atoms with Gasteiger partial charge in [-0.15, -0.1) is 0 Å². The Kier molecular flexibility index (Phi) is 3.86. The van der Waals surface area contributed by atoms with Crippen LogP contribution in [0.3, 0.4) is 0 Å². The maximum Gasteiger partial charge on any atom is 0.350 e. The maximum atomic E-state index is 10.8. The average molecular weight is 311 g/mol. The molecule has 1 fully saturated rings. The summed E-state index contributed by atoms with van der Waals surface area (Å²) in [5, 5.41) is 3.27. The van der Waals surface area contributed by atoms with E-state index in [0.29, 0.717) is 12.6 Å². The van der Waals surface area contributed by atoms with Gasteiger partial charge in [0.25, 0.3) is 0 Å². The van der Waals surface area contributed by atoms with Gasteiger partial charge in [-0.25, -0.2) is 4.98 Å². The summed E-state index contributed by atoms with van der Waals surface area (Å²) < 4.78 is 18.0. The van der Waals surface area contributed by atoms with E-state index >= 15 is 0 Å². The molecule has 0 spiro atoms. The van der Waals surface area contributed by atoms with E-state index in [1.165, 1.54) is 5.56 Å². The second kappa shape index (κ2) is 5.51. The van der Waals surface area contributed by atoms with Gasteiger partial charge >= 0.3 is 7.60 Å². The lowest BCUT2D eigenvalue weighted by molar-refractivity contribution is 0.0765. The summed E-state index contributed by atoms with van der Waals surface area (Å²) in [6.45, 7) is 3.26. The highest BCUT2D eigenvalue weighted by molar-refractivity contribution is 7.51. The van der Waals surface area contributed by atoms with E-state index in [-0.39, 0.29) is 6.10 Å². The molecule has 0 aliphatic carbocycles. The lowest BCUT2D eigenvalue weighted by Gasteiger charge is -2.15. The molecule has 21 heavy (non-hydrogen) atoms. The molecule has 2 aromatic rings. The second-order valence-electron chi connectivity index (χ2n) is 5.34. The zero-order valence-electron chi connectivity index (χ0n) is 11.6. The van der Waals surface area contributed by atoms with Crippen LogP contribution in [0.5, 0.6) is 0 Å². The van der Waals surface area contributed by atoms with E-state index in [4.69, 9.17) is 14.5 Å². The van der Waals surface area contributed by atoms with Crippen LogP contribution in [0.1, 0.15) is 18.5 Å². The SMILES string of the molecule is C[C@@H](Cn1cnc2c(C3CN3)cccc21)OCP(=O)(O)O. The van der Waals surface area contributed by atoms with Crippen molar-refractivity contribution >= 4 is 18.6 Å². The fraction of sp³-hybridized carbons (Fsp3) is 0.462. The van der Waals surface area contributed by atoms with Gasteiger partial charge < -0.3 is 24.4 Å². The molecule has 0 amide bonds. The number of benzene rings is 1. The highest BCUT2D eigenvalue weighted by atomic mass is 31.2. The molecule has 0 radical (unpaired) electrons. The summed E-state index contributed by atoms with van der Waals surface area (Å²) in [6, 6.07) is 6.44. The summed E-state index contributed by atoms with van der Waals surface area (Å²) in [4.78, 5) is 22.1. The zero-order valence-corrected chi connectivity index (χ0v) is 12.5. The monoisotopic (exact) mass is 311 g/mol. The van der Waals surface area contributed by atoms with Crippen LogP contribution in [-0.4, -0.2) is 38.3 Å². The van der Waals surface area contributed by atoms with Crippen LogP contribution in [0.4, 0.5) is 0 Å². The predicted octanol–water partition coefficient (Wildman–Crippen LogP) is 1.22. The van der Waals surface area contributed by atoms with Crippen molar-refractivity contribution in [2.45, 2.75) is 25.6 Å². The van der Waals surface area contributed by atoms with Gasteiger partial charge in [0.1, 0.15) is 6.35 Å². The number of hydrogen-bond acceptors (Lipinski definition) is 4. The first-order valence-electron chi connectivity index (χ1n) is 6.77. The minimum Gasteiger partial charge on any atom is -0.364 e. The van der Waals surface area contributed by atoms with Crippen molar-refractivity contribution in [3.05, 3.63) is 30.1 Å². The van der Waals surface area contributed by atoms with Gasteiger partial charge in [0, 0.05) is 12.6 Å². The Morgan fingerprint density at radius 2 is 2.33 bits per heavy atom. The summed E-state index contributed by atoms with van der Waals surface area (Å²) in [6.07, 6.45) is 0.879. The highest BCUT2D eigenvalue weighted by Gasteiger charge is 2.25. The average Bonchev–Trinajstić information content (AvgIpc) is 3.18. The molecule has 8 heteroatoms. The molecule has 1 aliphatic rings. The van der Waals surface area contributed by atoms with Crippen molar-refractivity contribution in [3.63, 3.8) is 0 Å². The predicted molar refractivity (Wildman–Crippen MR) is 77.9 cm³/mol. The van der Waals surface area contributed by atoms with E-state index in [1.54, 1.807) is 13.3 Å². The fourth-order valence-corrected chi connectivity index (χ4v) is 2.82. The molecule has 7 nitrogen and oxygen atoms in total. The van der Waals surface area contributed by atoms with Crippen LogP contribution in [-0.2, 0) is 15.8 Å². The van der Waals surface area contributed by atoms with Crippen molar-refractivity contribution in [1.29, 1.82) is 0 Å².